The minimum absolute atomic E-state index is 0.0405. The van der Waals surface area contributed by atoms with E-state index in [1.165, 1.54) is 44.9 Å². The second-order valence-electron chi connectivity index (χ2n) is 20.5. The van der Waals surface area contributed by atoms with Crippen LogP contribution in [0.3, 0.4) is 0 Å². The molecule has 9 heteroatoms. The van der Waals surface area contributed by atoms with Crippen molar-refractivity contribution in [2.24, 2.45) is 22.7 Å². The maximum Gasteiger partial charge on any atom is 0.222 e. The molecule has 0 aliphatic heterocycles. The monoisotopic (exact) mass is 865 g/mol. The van der Waals surface area contributed by atoms with Crippen LogP contribution in [0.2, 0.25) is 0 Å². The second kappa shape index (κ2) is 38.8. The molecule has 0 fully saturated rings. The zero-order valence-corrected chi connectivity index (χ0v) is 41.6. The lowest BCUT2D eigenvalue weighted by Gasteiger charge is -2.33. The molecule has 0 radical (unpaired) electrons. The molecule has 0 aromatic rings. The van der Waals surface area contributed by atoms with Crippen molar-refractivity contribution in [1.29, 1.82) is 0 Å². The fourth-order valence-corrected chi connectivity index (χ4v) is 7.48. The Kier molecular flexibility index (Phi) is 37.7. The maximum absolute atomic E-state index is 13.7. The number of ether oxygens (including phenoxy) is 3. The molecular weight excluding hydrogens is 765 g/mol. The van der Waals surface area contributed by atoms with Gasteiger partial charge in [0.25, 0.3) is 0 Å². The first-order chi connectivity index (χ1) is 29.1. The Bertz CT molecular complexity index is 1050. The Morgan fingerprint density at radius 3 is 1.43 bits per heavy atom. The van der Waals surface area contributed by atoms with Crippen molar-refractivity contribution >= 4 is 23.3 Å². The fourth-order valence-electron chi connectivity index (χ4n) is 7.48. The average molecular weight is 865 g/mol. The molecule has 0 aromatic carbocycles. The number of unbranched alkanes of at least 4 members (excludes halogenated alkanes) is 14. The highest BCUT2D eigenvalue weighted by Gasteiger charge is 2.34. The Balaban J connectivity index is 5.32. The number of carbonyl (C=O) groups excluding carboxylic acids is 4. The first kappa shape index (κ1) is 59.3. The van der Waals surface area contributed by atoms with Crippen molar-refractivity contribution in [1.82, 2.24) is 10.6 Å². The Labute approximate surface area is 376 Å². The van der Waals surface area contributed by atoms with Crippen LogP contribution in [0.4, 0.5) is 0 Å². The summed E-state index contributed by atoms with van der Waals surface area (Å²) in [5.74, 6) is 2.18. The number of carbonyl (C=O) groups is 4. The predicted octanol–water partition coefficient (Wildman–Crippen LogP) is 12.3. The van der Waals surface area contributed by atoms with Crippen LogP contribution in [0.25, 0.3) is 0 Å². The molecule has 9 nitrogen and oxygen atoms in total. The first-order valence-electron chi connectivity index (χ1n) is 25.4. The Morgan fingerprint density at radius 1 is 0.459 bits per heavy atom. The van der Waals surface area contributed by atoms with Crippen molar-refractivity contribution in [3.05, 3.63) is 0 Å². The van der Waals surface area contributed by atoms with Gasteiger partial charge in [0.1, 0.15) is 17.3 Å². The van der Waals surface area contributed by atoms with Crippen LogP contribution in [-0.4, -0.2) is 82.0 Å². The van der Waals surface area contributed by atoms with E-state index in [4.69, 9.17) is 14.2 Å². The molecular formula is C52H100N2O7. The van der Waals surface area contributed by atoms with Crippen molar-refractivity contribution in [2.45, 2.75) is 235 Å². The van der Waals surface area contributed by atoms with Gasteiger partial charge in [0.05, 0.1) is 33.0 Å². The lowest BCUT2D eigenvalue weighted by molar-refractivity contribution is -0.131. The summed E-state index contributed by atoms with van der Waals surface area (Å²) in [4.78, 5) is 51.2. The number of amides is 1. The van der Waals surface area contributed by atoms with Crippen LogP contribution in [0, 0.1) is 22.7 Å². The fraction of sp³-hybridized carbons (Fsp3) is 0.923. The van der Waals surface area contributed by atoms with Crippen molar-refractivity contribution in [3.8, 4) is 0 Å². The van der Waals surface area contributed by atoms with Crippen LogP contribution < -0.4 is 10.6 Å². The number of rotatable bonds is 45. The van der Waals surface area contributed by atoms with Gasteiger partial charge in [-0.2, -0.15) is 0 Å². The lowest BCUT2D eigenvalue weighted by atomic mass is 9.83. The summed E-state index contributed by atoms with van der Waals surface area (Å²) in [5.41, 5.74) is -0.938. The summed E-state index contributed by atoms with van der Waals surface area (Å²) in [6.07, 6.45) is 24.9. The van der Waals surface area contributed by atoms with Crippen LogP contribution in [0.1, 0.15) is 229 Å². The topological polar surface area (TPSA) is 120 Å². The van der Waals surface area contributed by atoms with Crippen LogP contribution in [0.5, 0.6) is 0 Å². The molecule has 1 atom stereocenters. The van der Waals surface area contributed by atoms with Gasteiger partial charge < -0.3 is 24.8 Å². The van der Waals surface area contributed by atoms with E-state index in [-0.39, 0.29) is 55.6 Å². The molecule has 0 aliphatic carbocycles. The van der Waals surface area contributed by atoms with Crippen LogP contribution in [0.15, 0.2) is 0 Å². The quantitative estimate of drug-likeness (QED) is 0.0581. The van der Waals surface area contributed by atoms with Crippen molar-refractivity contribution < 1.29 is 33.4 Å². The van der Waals surface area contributed by atoms with E-state index < -0.39 is 5.41 Å². The van der Waals surface area contributed by atoms with Gasteiger partial charge >= 0.3 is 0 Å². The number of hydrogen-bond donors (Lipinski definition) is 2. The summed E-state index contributed by atoms with van der Waals surface area (Å²) in [7, 11) is 0. The van der Waals surface area contributed by atoms with Gasteiger partial charge in [-0.15, -0.1) is 0 Å². The molecule has 0 saturated carbocycles. The molecule has 0 rings (SSSR count). The van der Waals surface area contributed by atoms with E-state index in [9.17, 15) is 19.2 Å². The minimum atomic E-state index is -0.693. The standard InChI is InChI=1S/C52H100N2O7/c1-44(2)28-21-16-14-15-19-26-37-59-41-52(42-60-38-33-47(55)30-24-20-22-29-45(3)4,43-61-39-34-50(58)54-36-27-35-53-46(5)6)40-48(56)31-23-17-12-10-11-13-18-25-32-49(57)51(7,8)9/h44-46,53H,10-43H2,1-9H3,(H,54,58). The molecule has 0 aliphatic rings. The molecule has 1 unspecified atom stereocenters. The highest BCUT2D eigenvalue weighted by molar-refractivity contribution is 5.83. The third-order valence-electron chi connectivity index (χ3n) is 11.5. The SMILES string of the molecule is CC(C)CCCCCCCCOCC(COCCC(=O)CCCCCC(C)C)(COCCC(=O)NCCCNC(C)C)CC(=O)CCCCCCCCCCC(=O)C(C)(C)C. The van der Waals surface area contributed by atoms with E-state index in [2.05, 4.69) is 52.2 Å². The van der Waals surface area contributed by atoms with Crippen LogP contribution in [-0.2, 0) is 33.4 Å². The van der Waals surface area contributed by atoms with Gasteiger partial charge in [-0.25, -0.2) is 0 Å². The predicted molar refractivity (Wildman–Crippen MR) is 255 cm³/mol. The lowest BCUT2D eigenvalue weighted by Crippen LogP contribution is -2.40. The van der Waals surface area contributed by atoms with Gasteiger partial charge in [-0.05, 0) is 50.5 Å². The molecule has 0 bridgehead atoms. The molecule has 2 N–H and O–H groups in total. The zero-order chi connectivity index (χ0) is 45.6. The number of nitrogens with one attached hydrogen (secondary N) is 2. The first-order valence-corrected chi connectivity index (χ1v) is 25.4. The molecule has 0 aromatic heterocycles. The third-order valence-corrected chi connectivity index (χ3v) is 11.5. The molecule has 0 saturated heterocycles. The van der Waals surface area contributed by atoms with Gasteiger partial charge in [0.15, 0.2) is 0 Å². The third kappa shape index (κ3) is 39.6. The normalized spacial score (nSPS) is 13.0. The summed E-state index contributed by atoms with van der Waals surface area (Å²) >= 11 is 0. The molecule has 61 heavy (non-hydrogen) atoms. The van der Waals surface area contributed by atoms with E-state index >= 15 is 0 Å². The summed E-state index contributed by atoms with van der Waals surface area (Å²) < 4.78 is 18.8. The average Bonchev–Trinajstić information content (AvgIpc) is 3.18. The Morgan fingerprint density at radius 2 is 0.902 bits per heavy atom. The number of hydrogen-bond acceptors (Lipinski definition) is 8. The van der Waals surface area contributed by atoms with Crippen molar-refractivity contribution in [2.75, 3.05) is 52.7 Å². The molecule has 0 spiro atoms. The summed E-state index contributed by atoms with van der Waals surface area (Å²) in [6.45, 7) is 22.8. The van der Waals surface area contributed by atoms with Gasteiger partial charge in [0.2, 0.25) is 5.91 Å². The molecule has 0 heterocycles. The molecule has 360 valence electrons. The van der Waals surface area contributed by atoms with E-state index in [0.717, 1.165) is 95.9 Å². The van der Waals surface area contributed by atoms with Crippen LogP contribution >= 0.6 is 0 Å². The smallest absolute Gasteiger partial charge is 0.222 e. The van der Waals surface area contributed by atoms with Crippen molar-refractivity contribution in [3.63, 3.8) is 0 Å². The van der Waals surface area contributed by atoms with E-state index in [1.54, 1.807) is 0 Å². The molecule has 1 amide bonds. The van der Waals surface area contributed by atoms with E-state index in [0.29, 0.717) is 69.8 Å². The number of Topliss-reactive ketones (excluding diaryl/α,β-unsaturated/α-hetero) is 3. The second-order valence-corrected chi connectivity index (χ2v) is 20.5. The minimum Gasteiger partial charge on any atom is -0.381 e. The van der Waals surface area contributed by atoms with E-state index in [1.807, 2.05) is 20.8 Å². The summed E-state index contributed by atoms with van der Waals surface area (Å²) in [6, 6.07) is 0.419. The summed E-state index contributed by atoms with van der Waals surface area (Å²) in [5, 5.41) is 6.36. The highest BCUT2D eigenvalue weighted by atomic mass is 16.5. The van der Waals surface area contributed by atoms with Gasteiger partial charge in [-0.3, -0.25) is 19.2 Å². The largest absolute Gasteiger partial charge is 0.381 e. The zero-order valence-electron chi connectivity index (χ0n) is 41.6. The van der Waals surface area contributed by atoms with Gasteiger partial charge in [-0.1, -0.05) is 159 Å². The maximum atomic E-state index is 13.7. The van der Waals surface area contributed by atoms with Gasteiger partial charge in [0, 0.05) is 68.5 Å². The highest BCUT2D eigenvalue weighted by Crippen LogP contribution is 2.27. The number of ketones is 3. The Hall–Kier alpha value is -1.68.